The number of allylic oxidation sites excluding steroid dienone is 1. The summed E-state index contributed by atoms with van der Waals surface area (Å²) in [5.41, 5.74) is 8.32. The Kier molecular flexibility index (Phi) is 6.15. The first-order chi connectivity index (χ1) is 15.5. The van der Waals surface area contributed by atoms with Crippen LogP contribution in [0.1, 0.15) is 34.3 Å². The molecule has 7 heteroatoms. The van der Waals surface area contributed by atoms with E-state index in [1.54, 1.807) is 36.4 Å². The molecule has 0 fully saturated rings. The number of carbonyl (C=O) groups is 1. The molecule has 3 aromatic rings. The van der Waals surface area contributed by atoms with Gasteiger partial charge in [-0.1, -0.05) is 36.4 Å². The van der Waals surface area contributed by atoms with Gasteiger partial charge in [-0.05, 0) is 47.1 Å². The molecule has 0 aliphatic carbocycles. The maximum atomic E-state index is 12.6. The third kappa shape index (κ3) is 4.05. The van der Waals surface area contributed by atoms with Crippen molar-refractivity contribution in [2.45, 2.75) is 12.8 Å². The number of halogens is 1. The molecule has 1 aliphatic heterocycles. The topological polar surface area (TPSA) is 94.6 Å². The van der Waals surface area contributed by atoms with E-state index in [-0.39, 0.29) is 5.88 Å². The van der Waals surface area contributed by atoms with Crippen molar-refractivity contribution < 1.29 is 19.0 Å². The molecule has 0 bridgehead atoms. The molecule has 1 atom stereocenters. The summed E-state index contributed by atoms with van der Waals surface area (Å²) in [7, 11) is 0. The molecule has 0 radical (unpaired) electrons. The minimum atomic E-state index is -0.507. The van der Waals surface area contributed by atoms with E-state index >= 15 is 0 Å². The van der Waals surface area contributed by atoms with Gasteiger partial charge in [0.25, 0.3) is 0 Å². The average molecular weight is 491 g/mol. The van der Waals surface area contributed by atoms with Gasteiger partial charge in [0.05, 0.1) is 18.1 Å². The van der Waals surface area contributed by atoms with Crippen LogP contribution in [0.15, 0.2) is 82.7 Å². The molecule has 4 rings (SSSR count). The maximum absolute atomic E-state index is 12.6. The molecule has 0 amide bonds. The highest BCUT2D eigenvalue weighted by Gasteiger charge is 2.33. The minimum Gasteiger partial charge on any atom is -0.494 e. The van der Waals surface area contributed by atoms with Gasteiger partial charge in [0.2, 0.25) is 5.88 Å². The van der Waals surface area contributed by atoms with Crippen LogP contribution < -0.4 is 19.9 Å². The SMILES string of the molecule is CCOc1ccccc1C1C(C#N)=C(N)Oc2cc(OC(=O)c3ccccc3Br)ccc21. The molecular formula is C25H19BrN2O4. The number of nitrogens with two attached hydrogens (primary N) is 1. The van der Waals surface area contributed by atoms with E-state index < -0.39 is 11.9 Å². The summed E-state index contributed by atoms with van der Waals surface area (Å²) in [6, 6.07) is 21.7. The fraction of sp³-hybridized carbons (Fsp3) is 0.120. The Hall–Kier alpha value is -3.76. The Morgan fingerprint density at radius 3 is 2.62 bits per heavy atom. The van der Waals surface area contributed by atoms with Crippen LogP contribution in [0.25, 0.3) is 0 Å². The molecule has 2 N–H and O–H groups in total. The van der Waals surface area contributed by atoms with Crippen molar-refractivity contribution in [2.24, 2.45) is 5.73 Å². The lowest BCUT2D eigenvalue weighted by atomic mass is 9.83. The van der Waals surface area contributed by atoms with E-state index in [1.807, 2.05) is 37.3 Å². The fourth-order valence-electron chi connectivity index (χ4n) is 3.61. The highest BCUT2D eigenvalue weighted by atomic mass is 79.9. The van der Waals surface area contributed by atoms with Crippen LogP contribution >= 0.6 is 15.9 Å². The van der Waals surface area contributed by atoms with Crippen molar-refractivity contribution in [3.8, 4) is 23.3 Å². The summed E-state index contributed by atoms with van der Waals surface area (Å²) in [4.78, 5) is 12.6. The zero-order chi connectivity index (χ0) is 22.7. The van der Waals surface area contributed by atoms with E-state index in [4.69, 9.17) is 19.9 Å². The molecule has 1 unspecified atom stereocenters. The number of ether oxygens (including phenoxy) is 3. The Bertz CT molecular complexity index is 1260. The molecule has 3 aromatic carbocycles. The van der Waals surface area contributed by atoms with E-state index in [9.17, 15) is 10.1 Å². The fourth-order valence-corrected chi connectivity index (χ4v) is 4.06. The molecule has 32 heavy (non-hydrogen) atoms. The summed E-state index contributed by atoms with van der Waals surface area (Å²) >= 11 is 3.36. The normalized spacial score (nSPS) is 14.7. The zero-order valence-electron chi connectivity index (χ0n) is 17.2. The van der Waals surface area contributed by atoms with Gasteiger partial charge in [0.15, 0.2) is 0 Å². The summed E-state index contributed by atoms with van der Waals surface area (Å²) in [6.07, 6.45) is 0. The van der Waals surface area contributed by atoms with E-state index in [1.165, 1.54) is 0 Å². The Morgan fingerprint density at radius 1 is 1.12 bits per heavy atom. The number of nitrogens with zero attached hydrogens (tertiary/aromatic N) is 1. The molecular weight excluding hydrogens is 472 g/mol. The first kappa shape index (κ1) is 21.5. The highest BCUT2D eigenvalue weighted by Crippen LogP contribution is 2.45. The molecule has 1 heterocycles. The molecule has 6 nitrogen and oxygen atoms in total. The quantitative estimate of drug-likeness (QED) is 0.385. The number of para-hydroxylation sites is 1. The molecule has 1 aliphatic rings. The molecule has 0 aromatic heterocycles. The zero-order valence-corrected chi connectivity index (χ0v) is 18.8. The number of hydrogen-bond acceptors (Lipinski definition) is 6. The van der Waals surface area contributed by atoms with Gasteiger partial charge in [0, 0.05) is 21.7 Å². The summed E-state index contributed by atoms with van der Waals surface area (Å²) in [6.45, 7) is 2.38. The Labute approximate surface area is 194 Å². The van der Waals surface area contributed by atoms with Gasteiger partial charge >= 0.3 is 5.97 Å². The molecule has 0 saturated heterocycles. The number of nitriles is 1. The van der Waals surface area contributed by atoms with E-state index in [0.717, 1.165) is 11.1 Å². The van der Waals surface area contributed by atoms with Gasteiger partial charge in [-0.3, -0.25) is 0 Å². The lowest BCUT2D eigenvalue weighted by Crippen LogP contribution is -2.21. The van der Waals surface area contributed by atoms with Crippen LogP contribution in [-0.4, -0.2) is 12.6 Å². The third-order valence-electron chi connectivity index (χ3n) is 5.02. The van der Waals surface area contributed by atoms with E-state index in [0.29, 0.717) is 39.5 Å². The minimum absolute atomic E-state index is 0.00517. The van der Waals surface area contributed by atoms with Gasteiger partial charge in [-0.25, -0.2) is 4.79 Å². The van der Waals surface area contributed by atoms with E-state index in [2.05, 4.69) is 22.0 Å². The number of esters is 1. The number of fused-ring (bicyclic) bond motifs is 1. The Morgan fingerprint density at radius 2 is 1.88 bits per heavy atom. The van der Waals surface area contributed by atoms with Crippen LogP contribution in [0, 0.1) is 11.3 Å². The lowest BCUT2D eigenvalue weighted by molar-refractivity contribution is 0.0733. The first-order valence-corrected chi connectivity index (χ1v) is 10.7. The van der Waals surface area contributed by atoms with Gasteiger partial charge in [-0.2, -0.15) is 5.26 Å². The van der Waals surface area contributed by atoms with Crippen molar-refractivity contribution in [1.29, 1.82) is 5.26 Å². The van der Waals surface area contributed by atoms with Crippen LogP contribution in [0.4, 0.5) is 0 Å². The summed E-state index contributed by atoms with van der Waals surface area (Å²) < 4.78 is 17.7. The largest absolute Gasteiger partial charge is 0.494 e. The average Bonchev–Trinajstić information content (AvgIpc) is 2.79. The van der Waals surface area contributed by atoms with Gasteiger partial charge in [-0.15, -0.1) is 0 Å². The van der Waals surface area contributed by atoms with Gasteiger partial charge in [0.1, 0.15) is 28.9 Å². The predicted molar refractivity (Wildman–Crippen MR) is 122 cm³/mol. The van der Waals surface area contributed by atoms with Crippen LogP contribution in [0.3, 0.4) is 0 Å². The number of rotatable bonds is 5. The number of hydrogen-bond donors (Lipinski definition) is 1. The predicted octanol–water partition coefficient (Wildman–Crippen LogP) is 5.29. The molecule has 0 spiro atoms. The summed E-state index contributed by atoms with van der Waals surface area (Å²) in [5.74, 6) is 0.403. The smallest absolute Gasteiger partial charge is 0.344 e. The lowest BCUT2D eigenvalue weighted by Gasteiger charge is -2.27. The maximum Gasteiger partial charge on any atom is 0.344 e. The molecule has 160 valence electrons. The highest BCUT2D eigenvalue weighted by molar-refractivity contribution is 9.10. The van der Waals surface area contributed by atoms with Crippen LogP contribution in [0.5, 0.6) is 17.2 Å². The first-order valence-electron chi connectivity index (χ1n) is 9.93. The monoisotopic (exact) mass is 490 g/mol. The molecule has 0 saturated carbocycles. The second-order valence-corrected chi connectivity index (χ2v) is 7.82. The van der Waals surface area contributed by atoms with Crippen molar-refractivity contribution in [3.63, 3.8) is 0 Å². The number of carbonyl (C=O) groups excluding carboxylic acids is 1. The second-order valence-electron chi connectivity index (χ2n) is 6.96. The van der Waals surface area contributed by atoms with Crippen molar-refractivity contribution >= 4 is 21.9 Å². The summed E-state index contributed by atoms with van der Waals surface area (Å²) in [5, 5.41) is 9.78. The van der Waals surface area contributed by atoms with Crippen LogP contribution in [0.2, 0.25) is 0 Å². The van der Waals surface area contributed by atoms with Crippen molar-refractivity contribution in [2.75, 3.05) is 6.61 Å². The van der Waals surface area contributed by atoms with Crippen molar-refractivity contribution in [3.05, 3.63) is 99.3 Å². The standard InChI is InChI=1S/C25H19BrN2O4/c1-2-30-21-10-6-4-8-17(21)23-18-12-11-15(13-22(18)32-24(28)19(23)14-27)31-25(29)16-7-3-5-9-20(16)26/h3-13,23H,2,28H2,1H3. The third-order valence-corrected chi connectivity index (χ3v) is 5.72. The second kappa shape index (κ2) is 9.16. The van der Waals surface area contributed by atoms with Gasteiger partial charge < -0.3 is 19.9 Å². The Balaban J connectivity index is 1.73. The number of benzene rings is 3. The van der Waals surface area contributed by atoms with Crippen LogP contribution in [-0.2, 0) is 0 Å². The van der Waals surface area contributed by atoms with Crippen molar-refractivity contribution in [1.82, 2.24) is 0 Å².